The molecule has 2 aromatic carbocycles. The van der Waals surface area contributed by atoms with E-state index in [0.717, 1.165) is 72.7 Å². The van der Waals surface area contributed by atoms with Crippen molar-refractivity contribution in [2.24, 2.45) is 0 Å². The zero-order valence-corrected chi connectivity index (χ0v) is 24.5. The smallest absolute Gasteiger partial charge is 0.325 e. The summed E-state index contributed by atoms with van der Waals surface area (Å²) in [7, 11) is -3.70. The standard InChI is InChI=1S/C26H29N3O.C5H13O3P/c1-4-12-30-21-10-9-20(17(3)13-21)8-6-19-14-23-22-11-7-18(5-2)15-24(22)29-26(27)25(23)28-16-19;1-2-3-4-5-9(6,7)8/h7,9-11,13-16H,4-6,8,12H2,1-3H3,(H2,27,29);2-5H2,1H3,(H2,6,7,8). The molecule has 0 amide bonds. The SMILES string of the molecule is CCCCCP(=O)(O)O.CCCOc1ccc(CCc2cnc3c(N)nc4cc(CC)ccc4c3c2)c(C)c1. The number of hydrogen-bond acceptors (Lipinski definition) is 5. The van der Waals surface area contributed by atoms with Crippen LogP contribution in [0.4, 0.5) is 5.82 Å². The van der Waals surface area contributed by atoms with E-state index in [1.807, 2.05) is 13.1 Å². The van der Waals surface area contributed by atoms with Gasteiger partial charge in [-0.05, 0) is 85.5 Å². The summed E-state index contributed by atoms with van der Waals surface area (Å²) in [5.74, 6) is 1.45. The Morgan fingerprint density at radius 1 is 0.923 bits per heavy atom. The largest absolute Gasteiger partial charge is 0.494 e. The lowest BCUT2D eigenvalue weighted by Gasteiger charge is -2.11. The van der Waals surface area contributed by atoms with E-state index in [4.69, 9.17) is 20.3 Å². The van der Waals surface area contributed by atoms with Crippen LogP contribution in [0.25, 0.3) is 21.8 Å². The van der Waals surface area contributed by atoms with Gasteiger partial charge in [0.05, 0.1) is 12.1 Å². The zero-order chi connectivity index (χ0) is 28.4. The third-order valence-electron chi connectivity index (χ3n) is 6.71. The van der Waals surface area contributed by atoms with E-state index >= 15 is 0 Å². The van der Waals surface area contributed by atoms with Crippen LogP contribution in [0.3, 0.4) is 0 Å². The number of aromatic nitrogens is 2. The van der Waals surface area contributed by atoms with Gasteiger partial charge in [0.1, 0.15) is 11.3 Å². The number of fused-ring (bicyclic) bond motifs is 3. The van der Waals surface area contributed by atoms with Crippen LogP contribution in [-0.4, -0.2) is 32.5 Å². The van der Waals surface area contributed by atoms with Gasteiger partial charge in [0, 0.05) is 23.1 Å². The molecule has 0 atom stereocenters. The number of pyridine rings is 2. The van der Waals surface area contributed by atoms with Crippen LogP contribution >= 0.6 is 7.60 Å². The number of hydrogen-bond donors (Lipinski definition) is 3. The summed E-state index contributed by atoms with van der Waals surface area (Å²) in [5.41, 5.74) is 13.0. The van der Waals surface area contributed by atoms with Gasteiger partial charge in [0.25, 0.3) is 0 Å². The molecule has 0 unspecified atom stereocenters. The van der Waals surface area contributed by atoms with Crippen LogP contribution in [0.2, 0.25) is 0 Å². The fourth-order valence-corrected chi connectivity index (χ4v) is 5.10. The van der Waals surface area contributed by atoms with Crippen molar-refractivity contribution in [2.45, 2.75) is 72.6 Å². The normalized spacial score (nSPS) is 11.4. The lowest BCUT2D eigenvalue weighted by atomic mass is 9.99. The molecule has 4 aromatic rings. The van der Waals surface area contributed by atoms with Crippen molar-refractivity contribution in [3.8, 4) is 5.75 Å². The predicted molar refractivity (Wildman–Crippen MR) is 162 cm³/mol. The Hall–Kier alpha value is -2.99. The topological polar surface area (TPSA) is 119 Å². The highest BCUT2D eigenvalue weighted by Crippen LogP contribution is 2.35. The molecule has 0 aliphatic heterocycles. The Morgan fingerprint density at radius 2 is 1.72 bits per heavy atom. The molecule has 0 saturated heterocycles. The van der Waals surface area contributed by atoms with Gasteiger partial charge in [-0.1, -0.05) is 51.8 Å². The van der Waals surface area contributed by atoms with Gasteiger partial charge in [0.2, 0.25) is 0 Å². The summed E-state index contributed by atoms with van der Waals surface area (Å²) in [4.78, 5) is 25.9. The van der Waals surface area contributed by atoms with E-state index in [-0.39, 0.29) is 6.16 Å². The molecule has 210 valence electrons. The number of unbranched alkanes of at least 4 members (excludes halogenated alkanes) is 2. The van der Waals surface area contributed by atoms with Crippen molar-refractivity contribution < 1.29 is 19.1 Å². The van der Waals surface area contributed by atoms with Crippen LogP contribution in [-0.2, 0) is 23.8 Å². The minimum atomic E-state index is -3.70. The minimum Gasteiger partial charge on any atom is -0.494 e. The quantitative estimate of drug-likeness (QED) is 0.103. The van der Waals surface area contributed by atoms with Gasteiger partial charge >= 0.3 is 7.60 Å². The van der Waals surface area contributed by atoms with Crippen molar-refractivity contribution >= 4 is 35.2 Å². The maximum absolute atomic E-state index is 10.2. The molecule has 0 aliphatic carbocycles. The molecule has 4 N–H and O–H groups in total. The molecular weight excluding hydrogens is 509 g/mol. The number of aryl methyl sites for hydroxylation is 4. The van der Waals surface area contributed by atoms with E-state index in [0.29, 0.717) is 12.2 Å². The average molecular weight is 552 g/mol. The maximum atomic E-state index is 10.2. The van der Waals surface area contributed by atoms with Gasteiger partial charge in [-0.25, -0.2) is 4.98 Å². The Balaban J connectivity index is 0.000000403. The predicted octanol–water partition coefficient (Wildman–Crippen LogP) is 7.16. The van der Waals surface area contributed by atoms with Gasteiger partial charge in [0.15, 0.2) is 5.82 Å². The third-order valence-corrected chi connectivity index (χ3v) is 7.61. The van der Waals surface area contributed by atoms with E-state index in [9.17, 15) is 4.57 Å². The zero-order valence-electron chi connectivity index (χ0n) is 23.6. The monoisotopic (exact) mass is 551 g/mol. The lowest BCUT2D eigenvalue weighted by molar-refractivity contribution is 0.317. The third kappa shape index (κ3) is 9.03. The number of nitrogen functional groups attached to an aromatic ring is 1. The van der Waals surface area contributed by atoms with Crippen molar-refractivity contribution in [2.75, 3.05) is 18.5 Å². The first-order valence-corrected chi connectivity index (χ1v) is 15.7. The first-order chi connectivity index (χ1) is 18.6. The highest BCUT2D eigenvalue weighted by molar-refractivity contribution is 7.51. The van der Waals surface area contributed by atoms with Crippen molar-refractivity contribution in [1.82, 2.24) is 9.97 Å². The van der Waals surface area contributed by atoms with Crippen LogP contribution in [0, 0.1) is 6.92 Å². The van der Waals surface area contributed by atoms with Crippen molar-refractivity contribution in [1.29, 1.82) is 0 Å². The van der Waals surface area contributed by atoms with Crippen molar-refractivity contribution in [3.05, 3.63) is 70.9 Å². The van der Waals surface area contributed by atoms with Gasteiger partial charge in [-0.2, -0.15) is 0 Å². The average Bonchev–Trinajstić information content (AvgIpc) is 2.91. The van der Waals surface area contributed by atoms with E-state index in [1.165, 1.54) is 22.3 Å². The molecule has 7 nitrogen and oxygen atoms in total. The first kappa shape index (κ1) is 30.6. The Morgan fingerprint density at radius 3 is 2.38 bits per heavy atom. The fourth-order valence-electron chi connectivity index (χ4n) is 4.46. The number of nitrogens with zero attached hydrogens (tertiary/aromatic N) is 2. The highest BCUT2D eigenvalue weighted by Gasteiger charge is 2.11. The number of ether oxygens (including phenoxy) is 1. The molecule has 0 fully saturated rings. The number of anilines is 1. The summed E-state index contributed by atoms with van der Waals surface area (Å²) in [6.45, 7) is 9.18. The molecule has 0 radical (unpaired) electrons. The molecule has 39 heavy (non-hydrogen) atoms. The number of benzene rings is 2. The Bertz CT molecular complexity index is 1430. The second-order valence-corrected chi connectivity index (χ2v) is 11.8. The second-order valence-electron chi connectivity index (χ2n) is 9.97. The lowest BCUT2D eigenvalue weighted by Crippen LogP contribution is -2.00. The molecule has 0 bridgehead atoms. The van der Waals surface area contributed by atoms with Gasteiger partial charge < -0.3 is 20.3 Å². The Labute approximate surface area is 232 Å². The summed E-state index contributed by atoms with van der Waals surface area (Å²) in [6.07, 6.45) is 8.41. The summed E-state index contributed by atoms with van der Waals surface area (Å²) >= 11 is 0. The highest BCUT2D eigenvalue weighted by atomic mass is 31.2. The number of nitrogens with two attached hydrogens (primary N) is 1. The first-order valence-electron chi connectivity index (χ1n) is 13.9. The molecule has 2 heterocycles. The van der Waals surface area contributed by atoms with Crippen LogP contribution in [0.1, 0.15) is 68.7 Å². The molecule has 0 spiro atoms. The summed E-state index contributed by atoms with van der Waals surface area (Å²) < 4.78 is 15.9. The molecular formula is C31H42N3O4P. The van der Waals surface area contributed by atoms with Gasteiger partial charge in [-0.15, -0.1) is 0 Å². The summed E-state index contributed by atoms with van der Waals surface area (Å²) in [5, 5.41) is 2.19. The summed E-state index contributed by atoms with van der Waals surface area (Å²) in [6, 6.07) is 15.0. The number of rotatable bonds is 11. The molecule has 8 heteroatoms. The maximum Gasteiger partial charge on any atom is 0.325 e. The van der Waals surface area contributed by atoms with Crippen LogP contribution in [0.5, 0.6) is 5.75 Å². The minimum absolute atomic E-state index is 0.0425. The van der Waals surface area contributed by atoms with Crippen LogP contribution in [0.15, 0.2) is 48.7 Å². The second kappa shape index (κ2) is 14.4. The van der Waals surface area contributed by atoms with Crippen LogP contribution < -0.4 is 10.5 Å². The molecule has 4 rings (SSSR count). The van der Waals surface area contributed by atoms with E-state index in [1.54, 1.807) is 0 Å². The van der Waals surface area contributed by atoms with Gasteiger partial charge in [-0.3, -0.25) is 9.55 Å². The van der Waals surface area contributed by atoms with E-state index in [2.05, 4.69) is 73.2 Å². The Kier molecular flexibility index (Phi) is 11.3. The molecule has 2 aromatic heterocycles. The van der Waals surface area contributed by atoms with Crippen molar-refractivity contribution in [3.63, 3.8) is 0 Å². The fraction of sp³-hybridized carbons (Fsp3) is 0.419. The molecule has 0 aliphatic rings. The molecule has 0 saturated carbocycles. The van der Waals surface area contributed by atoms with E-state index < -0.39 is 7.60 Å².